The van der Waals surface area contributed by atoms with Crippen LogP contribution in [0.15, 0.2) is 12.1 Å². The lowest BCUT2D eigenvalue weighted by atomic mass is 10.1. The number of halogens is 1. The minimum absolute atomic E-state index is 0.223. The lowest BCUT2D eigenvalue weighted by molar-refractivity contribution is 0.0695. The largest absolute Gasteiger partial charge is 0.493 e. The second-order valence-electron chi connectivity index (χ2n) is 6.32. The van der Waals surface area contributed by atoms with Crippen molar-refractivity contribution in [1.29, 1.82) is 0 Å². The first-order valence-electron chi connectivity index (χ1n) is 8.69. The van der Waals surface area contributed by atoms with E-state index in [9.17, 15) is 13.2 Å². The lowest BCUT2D eigenvalue weighted by Gasteiger charge is -2.35. The maximum atomic E-state index is 12.8. The van der Waals surface area contributed by atoms with Crippen LogP contribution >= 0.6 is 11.6 Å². The molecule has 1 saturated heterocycles. The molecule has 0 N–H and O–H groups in total. The van der Waals surface area contributed by atoms with Crippen LogP contribution in [-0.4, -0.2) is 81.8 Å². The van der Waals surface area contributed by atoms with Crippen LogP contribution in [0.5, 0.6) is 11.5 Å². The van der Waals surface area contributed by atoms with Gasteiger partial charge in [-0.1, -0.05) is 18.5 Å². The van der Waals surface area contributed by atoms with E-state index in [2.05, 4.69) is 0 Å². The van der Waals surface area contributed by atoms with Crippen molar-refractivity contribution in [2.75, 3.05) is 54.0 Å². The van der Waals surface area contributed by atoms with E-state index in [-0.39, 0.29) is 19.0 Å². The van der Waals surface area contributed by atoms with Gasteiger partial charge in [0.05, 0.1) is 18.7 Å². The van der Waals surface area contributed by atoms with Gasteiger partial charge in [0, 0.05) is 45.8 Å². The number of ether oxygens (including phenoxy) is 2. The molecule has 1 aromatic carbocycles. The normalized spacial score (nSPS) is 15.9. The highest BCUT2D eigenvalue weighted by atomic mass is 35.5. The molecule has 1 heterocycles. The van der Waals surface area contributed by atoms with E-state index < -0.39 is 10.2 Å². The van der Waals surface area contributed by atoms with Crippen molar-refractivity contribution >= 4 is 27.7 Å². The molecule has 8 nitrogen and oxygen atoms in total. The van der Waals surface area contributed by atoms with Crippen LogP contribution in [0.2, 0.25) is 5.02 Å². The van der Waals surface area contributed by atoms with Crippen molar-refractivity contribution in [3.63, 3.8) is 0 Å². The summed E-state index contributed by atoms with van der Waals surface area (Å²) in [5.74, 6) is 0.590. The Morgan fingerprint density at radius 2 is 1.85 bits per heavy atom. The third kappa shape index (κ3) is 4.84. The molecule has 0 bridgehead atoms. The fraction of sp³-hybridized carbons (Fsp3) is 0.588. The summed E-state index contributed by atoms with van der Waals surface area (Å²) in [5, 5.41) is 0.306. The molecule has 2 rings (SSSR count). The number of nitrogens with zero attached hydrogens (tertiary/aromatic N) is 3. The molecule has 10 heteroatoms. The molecule has 1 fully saturated rings. The summed E-state index contributed by atoms with van der Waals surface area (Å²) in [6, 6.07) is 3.16. The Kier molecular flexibility index (Phi) is 7.32. The zero-order valence-electron chi connectivity index (χ0n) is 16.1. The van der Waals surface area contributed by atoms with Crippen LogP contribution < -0.4 is 9.47 Å². The second kappa shape index (κ2) is 9.09. The molecular weight excluding hydrogens is 394 g/mol. The van der Waals surface area contributed by atoms with E-state index in [0.717, 1.165) is 6.42 Å². The molecule has 0 aromatic heterocycles. The van der Waals surface area contributed by atoms with Crippen LogP contribution in [0, 0.1) is 0 Å². The number of rotatable bonds is 7. The van der Waals surface area contributed by atoms with Gasteiger partial charge in [-0.3, -0.25) is 4.79 Å². The predicted octanol–water partition coefficient (Wildman–Crippen LogP) is 1.70. The van der Waals surface area contributed by atoms with E-state index in [1.54, 1.807) is 17.0 Å². The number of hydrogen-bond acceptors (Lipinski definition) is 5. The summed E-state index contributed by atoms with van der Waals surface area (Å²) in [6.45, 7) is 3.57. The first-order valence-corrected chi connectivity index (χ1v) is 10.5. The monoisotopic (exact) mass is 419 g/mol. The summed E-state index contributed by atoms with van der Waals surface area (Å²) in [7, 11) is 0.994. The molecule has 0 aliphatic carbocycles. The Balaban J connectivity index is 2.14. The number of amides is 1. The Morgan fingerprint density at radius 3 is 2.37 bits per heavy atom. The molecule has 1 aliphatic heterocycles. The number of methoxy groups -OCH3 is 1. The summed E-state index contributed by atoms with van der Waals surface area (Å²) >= 11 is 6.28. The van der Waals surface area contributed by atoms with E-state index in [1.165, 1.54) is 29.8 Å². The van der Waals surface area contributed by atoms with Crippen molar-refractivity contribution < 1.29 is 22.7 Å². The average molecular weight is 420 g/mol. The lowest BCUT2D eigenvalue weighted by Crippen LogP contribution is -2.53. The number of piperazine rings is 1. The Morgan fingerprint density at radius 1 is 1.22 bits per heavy atom. The van der Waals surface area contributed by atoms with E-state index in [0.29, 0.717) is 41.8 Å². The van der Waals surface area contributed by atoms with Crippen LogP contribution in [0.4, 0.5) is 0 Å². The van der Waals surface area contributed by atoms with Gasteiger partial charge in [-0.05, 0) is 18.6 Å². The molecule has 27 heavy (non-hydrogen) atoms. The zero-order valence-corrected chi connectivity index (χ0v) is 17.6. The molecule has 1 aromatic rings. The van der Waals surface area contributed by atoms with Gasteiger partial charge in [-0.2, -0.15) is 17.0 Å². The van der Waals surface area contributed by atoms with Gasteiger partial charge in [0.2, 0.25) is 0 Å². The van der Waals surface area contributed by atoms with Crippen molar-refractivity contribution in [2.24, 2.45) is 0 Å². The third-order valence-corrected chi connectivity index (χ3v) is 6.46. The van der Waals surface area contributed by atoms with Crippen LogP contribution in [0.3, 0.4) is 0 Å². The molecule has 0 spiro atoms. The molecule has 0 radical (unpaired) electrons. The number of carbonyl (C=O) groups is 1. The minimum atomic E-state index is -3.47. The number of hydrogen-bond donors (Lipinski definition) is 0. The standard InChI is InChI=1S/C17H26ClN3O5S/c1-5-10-26-16-14(18)11-13(12-15(16)25-4)17(22)20-6-8-21(9-7-20)27(23,24)19(2)3/h11-12H,5-10H2,1-4H3. The highest BCUT2D eigenvalue weighted by molar-refractivity contribution is 7.86. The summed E-state index contributed by atoms with van der Waals surface area (Å²) < 4.78 is 37.8. The first-order chi connectivity index (χ1) is 12.7. The molecule has 1 amide bonds. The van der Waals surface area contributed by atoms with Gasteiger partial charge in [0.25, 0.3) is 16.1 Å². The van der Waals surface area contributed by atoms with Crippen LogP contribution in [-0.2, 0) is 10.2 Å². The van der Waals surface area contributed by atoms with Gasteiger partial charge in [0.15, 0.2) is 11.5 Å². The molecular formula is C17H26ClN3O5S. The predicted molar refractivity (Wildman–Crippen MR) is 104 cm³/mol. The van der Waals surface area contributed by atoms with Crippen molar-refractivity contribution in [3.8, 4) is 11.5 Å². The number of carbonyl (C=O) groups excluding carboxylic acids is 1. The van der Waals surface area contributed by atoms with E-state index in [1.807, 2.05) is 6.92 Å². The molecule has 152 valence electrons. The Hall–Kier alpha value is -1.55. The highest BCUT2D eigenvalue weighted by Crippen LogP contribution is 2.37. The third-order valence-electron chi connectivity index (χ3n) is 4.24. The van der Waals surface area contributed by atoms with Gasteiger partial charge < -0.3 is 14.4 Å². The quantitative estimate of drug-likeness (QED) is 0.672. The van der Waals surface area contributed by atoms with Crippen molar-refractivity contribution in [1.82, 2.24) is 13.5 Å². The molecule has 1 aliphatic rings. The Labute approximate surface area is 165 Å². The zero-order chi connectivity index (χ0) is 20.2. The SMILES string of the molecule is CCCOc1c(Cl)cc(C(=O)N2CCN(S(=O)(=O)N(C)C)CC2)cc1OC. The minimum Gasteiger partial charge on any atom is -0.493 e. The van der Waals surface area contributed by atoms with Gasteiger partial charge in [0.1, 0.15) is 0 Å². The maximum absolute atomic E-state index is 12.8. The average Bonchev–Trinajstić information content (AvgIpc) is 2.65. The maximum Gasteiger partial charge on any atom is 0.281 e. The van der Waals surface area contributed by atoms with Gasteiger partial charge in [-0.25, -0.2) is 0 Å². The Bertz CT molecular complexity index is 777. The summed E-state index contributed by atoms with van der Waals surface area (Å²) in [5.41, 5.74) is 0.379. The van der Waals surface area contributed by atoms with Crippen LogP contribution in [0.1, 0.15) is 23.7 Å². The van der Waals surface area contributed by atoms with Crippen molar-refractivity contribution in [2.45, 2.75) is 13.3 Å². The highest BCUT2D eigenvalue weighted by Gasteiger charge is 2.31. The summed E-state index contributed by atoms with van der Waals surface area (Å²) in [4.78, 5) is 14.4. The smallest absolute Gasteiger partial charge is 0.281 e. The summed E-state index contributed by atoms with van der Waals surface area (Å²) in [6.07, 6.45) is 0.820. The van der Waals surface area contributed by atoms with Gasteiger partial charge >= 0.3 is 0 Å². The van der Waals surface area contributed by atoms with Crippen LogP contribution in [0.25, 0.3) is 0 Å². The second-order valence-corrected chi connectivity index (χ2v) is 8.87. The fourth-order valence-electron chi connectivity index (χ4n) is 2.72. The first kappa shape index (κ1) is 21.7. The molecule has 0 unspecified atom stereocenters. The molecule has 0 saturated carbocycles. The van der Waals surface area contributed by atoms with Crippen molar-refractivity contribution in [3.05, 3.63) is 22.7 Å². The van der Waals surface area contributed by atoms with Gasteiger partial charge in [-0.15, -0.1) is 0 Å². The fourth-order valence-corrected chi connectivity index (χ4v) is 4.07. The topological polar surface area (TPSA) is 79.4 Å². The molecule has 0 atom stereocenters. The number of benzene rings is 1. The van der Waals surface area contributed by atoms with E-state index in [4.69, 9.17) is 21.1 Å². The van der Waals surface area contributed by atoms with E-state index >= 15 is 0 Å².